The van der Waals surface area contributed by atoms with Crippen molar-refractivity contribution in [2.75, 3.05) is 26.7 Å². The van der Waals surface area contributed by atoms with Crippen LogP contribution in [0.4, 0.5) is 0 Å². The molecule has 0 bridgehead atoms. The Morgan fingerprint density at radius 2 is 2.00 bits per heavy atom. The Morgan fingerprint density at radius 1 is 1.33 bits per heavy atom. The average molecular weight is 278 g/mol. The molecule has 2 atom stereocenters. The topological polar surface area (TPSA) is 58.6 Å². The highest BCUT2D eigenvalue weighted by molar-refractivity contribution is 7.87. The summed E-state index contributed by atoms with van der Waals surface area (Å²) in [6, 6.07) is 0. The van der Waals surface area contributed by atoms with Gasteiger partial charge in [-0.05, 0) is 18.8 Å². The van der Waals surface area contributed by atoms with Gasteiger partial charge in [0.1, 0.15) is 0 Å². The van der Waals surface area contributed by atoms with E-state index < -0.39 is 10.2 Å². The predicted molar refractivity (Wildman–Crippen MR) is 72.6 cm³/mol. The summed E-state index contributed by atoms with van der Waals surface area (Å²) in [5.41, 5.74) is 0. The van der Waals surface area contributed by atoms with Gasteiger partial charge in [-0.25, -0.2) is 0 Å². The second kappa shape index (κ2) is 7.43. The molecule has 0 aromatic heterocycles. The van der Waals surface area contributed by atoms with Crippen LogP contribution in [0.1, 0.15) is 39.5 Å². The lowest BCUT2D eigenvalue weighted by atomic mass is 9.88. The van der Waals surface area contributed by atoms with E-state index in [1.807, 2.05) is 0 Å². The minimum Gasteiger partial charge on any atom is -0.377 e. The van der Waals surface area contributed by atoms with Gasteiger partial charge in [0.05, 0.1) is 12.7 Å². The van der Waals surface area contributed by atoms with Crippen LogP contribution in [0.25, 0.3) is 0 Å². The van der Waals surface area contributed by atoms with Crippen molar-refractivity contribution >= 4 is 10.2 Å². The predicted octanol–water partition coefficient (Wildman–Crippen LogP) is 1.37. The maximum absolute atomic E-state index is 11.6. The number of nitrogens with zero attached hydrogens (tertiary/aromatic N) is 1. The molecule has 1 rings (SSSR count). The van der Waals surface area contributed by atoms with Crippen LogP contribution in [0, 0.1) is 5.92 Å². The van der Waals surface area contributed by atoms with Gasteiger partial charge in [-0.2, -0.15) is 17.4 Å². The first-order valence-corrected chi connectivity index (χ1v) is 8.24. The lowest BCUT2D eigenvalue weighted by Crippen LogP contribution is -2.40. The molecule has 0 saturated heterocycles. The highest BCUT2D eigenvalue weighted by atomic mass is 32.2. The van der Waals surface area contributed by atoms with E-state index in [0.29, 0.717) is 31.7 Å². The molecule has 0 spiro atoms. The summed E-state index contributed by atoms with van der Waals surface area (Å²) in [4.78, 5) is 0. The normalized spacial score (nSPS) is 25.6. The molecule has 0 aliphatic heterocycles. The van der Waals surface area contributed by atoms with Crippen LogP contribution in [-0.2, 0) is 14.9 Å². The zero-order valence-electron chi connectivity index (χ0n) is 11.7. The SMILES string of the molecule is CCN(C)S(=O)(=O)NCCO[C@@H]1CCCC[C@@H]1C. The van der Waals surface area contributed by atoms with E-state index >= 15 is 0 Å². The zero-order chi connectivity index (χ0) is 13.6. The van der Waals surface area contributed by atoms with Gasteiger partial charge in [-0.15, -0.1) is 0 Å². The van der Waals surface area contributed by atoms with Gasteiger partial charge >= 0.3 is 0 Å². The third kappa shape index (κ3) is 4.84. The lowest BCUT2D eigenvalue weighted by Gasteiger charge is -2.28. The van der Waals surface area contributed by atoms with Gasteiger partial charge in [-0.1, -0.05) is 26.7 Å². The molecule has 108 valence electrons. The van der Waals surface area contributed by atoms with Crippen LogP contribution >= 0.6 is 0 Å². The molecule has 0 aromatic rings. The summed E-state index contributed by atoms with van der Waals surface area (Å²) in [6.07, 6.45) is 5.12. The van der Waals surface area contributed by atoms with Crippen LogP contribution in [-0.4, -0.2) is 45.6 Å². The Balaban J connectivity index is 2.22. The van der Waals surface area contributed by atoms with Crippen molar-refractivity contribution in [3.63, 3.8) is 0 Å². The maximum atomic E-state index is 11.6. The van der Waals surface area contributed by atoms with E-state index in [4.69, 9.17) is 4.74 Å². The summed E-state index contributed by atoms with van der Waals surface area (Å²) in [6.45, 7) is 5.27. The van der Waals surface area contributed by atoms with Crippen molar-refractivity contribution in [1.29, 1.82) is 0 Å². The molecule has 1 aliphatic carbocycles. The van der Waals surface area contributed by atoms with E-state index in [1.165, 1.54) is 23.6 Å². The summed E-state index contributed by atoms with van der Waals surface area (Å²) in [7, 11) is -1.76. The number of rotatable bonds is 7. The summed E-state index contributed by atoms with van der Waals surface area (Å²) in [5.74, 6) is 0.591. The van der Waals surface area contributed by atoms with Crippen molar-refractivity contribution in [3.05, 3.63) is 0 Å². The Bertz CT molecular complexity index is 332. The second-order valence-corrected chi connectivity index (χ2v) is 6.85. The molecule has 1 fully saturated rings. The summed E-state index contributed by atoms with van der Waals surface area (Å²) in [5, 5.41) is 0. The van der Waals surface area contributed by atoms with Crippen molar-refractivity contribution in [2.45, 2.75) is 45.6 Å². The Kier molecular flexibility index (Phi) is 6.55. The minimum atomic E-state index is -3.32. The fourth-order valence-electron chi connectivity index (χ4n) is 2.19. The number of hydrogen-bond donors (Lipinski definition) is 1. The molecule has 5 nitrogen and oxygen atoms in total. The largest absolute Gasteiger partial charge is 0.377 e. The first-order chi connectivity index (χ1) is 8.47. The van der Waals surface area contributed by atoms with E-state index in [0.717, 1.165) is 6.42 Å². The zero-order valence-corrected chi connectivity index (χ0v) is 12.5. The number of ether oxygens (including phenoxy) is 1. The van der Waals surface area contributed by atoms with Gasteiger partial charge < -0.3 is 4.74 Å². The molecule has 0 unspecified atom stereocenters. The molecule has 0 radical (unpaired) electrons. The van der Waals surface area contributed by atoms with Crippen LogP contribution in [0.2, 0.25) is 0 Å². The fourth-order valence-corrected chi connectivity index (χ4v) is 3.09. The van der Waals surface area contributed by atoms with E-state index in [9.17, 15) is 8.42 Å². The molecule has 1 saturated carbocycles. The average Bonchev–Trinajstić information content (AvgIpc) is 2.35. The standard InChI is InChI=1S/C12H26N2O3S/c1-4-14(3)18(15,16)13-9-10-17-12-8-6-5-7-11(12)2/h11-13H,4-10H2,1-3H3/t11-,12+/m0/s1. The molecule has 6 heteroatoms. The van der Waals surface area contributed by atoms with Gasteiger partial charge in [-0.3, -0.25) is 0 Å². The van der Waals surface area contributed by atoms with E-state index in [-0.39, 0.29) is 0 Å². The minimum absolute atomic E-state index is 0.298. The smallest absolute Gasteiger partial charge is 0.279 e. The Morgan fingerprint density at radius 3 is 2.61 bits per heavy atom. The van der Waals surface area contributed by atoms with Crippen molar-refractivity contribution in [3.8, 4) is 0 Å². The van der Waals surface area contributed by atoms with Crippen LogP contribution in [0.5, 0.6) is 0 Å². The van der Waals surface area contributed by atoms with Gasteiger partial charge in [0, 0.05) is 20.1 Å². The van der Waals surface area contributed by atoms with E-state index in [1.54, 1.807) is 14.0 Å². The molecular formula is C12H26N2O3S. The second-order valence-electron chi connectivity index (χ2n) is 4.98. The van der Waals surface area contributed by atoms with E-state index in [2.05, 4.69) is 11.6 Å². The maximum Gasteiger partial charge on any atom is 0.279 e. The summed E-state index contributed by atoms with van der Waals surface area (Å²) >= 11 is 0. The highest BCUT2D eigenvalue weighted by Crippen LogP contribution is 2.25. The quantitative estimate of drug-likeness (QED) is 0.716. The highest BCUT2D eigenvalue weighted by Gasteiger charge is 2.22. The van der Waals surface area contributed by atoms with Crippen molar-refractivity contribution in [2.24, 2.45) is 5.92 Å². The molecule has 0 amide bonds. The van der Waals surface area contributed by atoms with Crippen molar-refractivity contribution in [1.82, 2.24) is 9.03 Å². The third-order valence-corrected chi connectivity index (χ3v) is 5.25. The molecule has 0 aromatic carbocycles. The number of hydrogen-bond acceptors (Lipinski definition) is 3. The first-order valence-electron chi connectivity index (χ1n) is 6.80. The molecule has 18 heavy (non-hydrogen) atoms. The Labute approximate surface area is 111 Å². The van der Waals surface area contributed by atoms with Crippen LogP contribution < -0.4 is 4.72 Å². The van der Waals surface area contributed by atoms with Crippen LogP contribution in [0.15, 0.2) is 0 Å². The van der Waals surface area contributed by atoms with Crippen LogP contribution in [0.3, 0.4) is 0 Å². The van der Waals surface area contributed by atoms with Gasteiger partial charge in [0.2, 0.25) is 0 Å². The molecule has 0 heterocycles. The molecule has 1 aliphatic rings. The summed E-state index contributed by atoms with van der Waals surface area (Å²) < 4.78 is 32.9. The fraction of sp³-hybridized carbons (Fsp3) is 1.00. The third-order valence-electron chi connectivity index (χ3n) is 3.61. The Hall–Kier alpha value is -0.170. The van der Waals surface area contributed by atoms with Gasteiger partial charge in [0.25, 0.3) is 10.2 Å². The monoisotopic (exact) mass is 278 g/mol. The number of nitrogens with one attached hydrogen (secondary N) is 1. The first kappa shape index (κ1) is 15.9. The molecule has 1 N–H and O–H groups in total. The lowest BCUT2D eigenvalue weighted by molar-refractivity contribution is -0.00184. The van der Waals surface area contributed by atoms with Gasteiger partial charge in [0.15, 0.2) is 0 Å². The molecular weight excluding hydrogens is 252 g/mol. The van der Waals surface area contributed by atoms with Crippen molar-refractivity contribution < 1.29 is 13.2 Å².